The van der Waals surface area contributed by atoms with Crippen LogP contribution in [0.25, 0.3) is 0 Å². The van der Waals surface area contributed by atoms with Crippen LogP contribution in [0.1, 0.15) is 28.7 Å². The van der Waals surface area contributed by atoms with Crippen LogP contribution < -0.4 is 0 Å². The molecule has 7 rings (SSSR count). The Morgan fingerprint density at radius 2 is 1.37 bits per heavy atom. The van der Waals surface area contributed by atoms with Crippen LogP contribution in [0.5, 0.6) is 0 Å². The Bertz CT molecular complexity index is 939. The zero-order chi connectivity index (χ0) is 18.1. The van der Waals surface area contributed by atoms with Crippen molar-refractivity contribution in [3.8, 4) is 0 Å². The zero-order valence-electron chi connectivity index (χ0n) is 14.7. The van der Waals surface area contributed by atoms with Crippen molar-refractivity contribution in [2.45, 2.75) is 18.4 Å². The van der Waals surface area contributed by atoms with Crippen molar-refractivity contribution in [2.24, 2.45) is 23.7 Å². The Morgan fingerprint density at radius 1 is 0.778 bits per heavy atom. The molecule has 4 nitrogen and oxygen atoms in total. The Kier molecular flexibility index (Phi) is 2.99. The van der Waals surface area contributed by atoms with Gasteiger partial charge in [0.2, 0.25) is 11.8 Å². The number of allylic oxidation sites excluding steroid dienone is 4. The smallest absolute Gasteiger partial charge is 0.234 e. The summed E-state index contributed by atoms with van der Waals surface area (Å²) in [5, 5.41) is 0. The van der Waals surface area contributed by atoms with Crippen LogP contribution in [0.15, 0.2) is 71.4 Å². The number of carbonyl (C=O) groups excluding carboxylic acids is 2. The lowest BCUT2D eigenvalue weighted by molar-refractivity contribution is -0.141. The number of hydrogen-bond acceptors (Lipinski definition) is 3. The molecule has 2 aromatic rings. The summed E-state index contributed by atoms with van der Waals surface area (Å²) in [5.74, 6) is 0.778. The van der Waals surface area contributed by atoms with E-state index in [-0.39, 0.29) is 53.9 Å². The molecule has 1 aliphatic heterocycles. The van der Waals surface area contributed by atoms with Gasteiger partial charge in [0.15, 0.2) is 0 Å². The van der Waals surface area contributed by atoms with Gasteiger partial charge in [0.1, 0.15) is 5.76 Å². The second-order valence-corrected chi connectivity index (χ2v) is 8.00. The first-order valence-corrected chi connectivity index (χ1v) is 9.57. The van der Waals surface area contributed by atoms with Crippen LogP contribution >= 0.6 is 0 Å². The fourth-order valence-electron chi connectivity index (χ4n) is 6.00. The molecule has 1 saturated heterocycles. The van der Waals surface area contributed by atoms with Gasteiger partial charge < -0.3 is 4.42 Å². The lowest BCUT2D eigenvalue weighted by atomic mass is 9.48. The Hall–Kier alpha value is -2.88. The summed E-state index contributed by atoms with van der Waals surface area (Å²) in [6, 6.07) is 12.0. The maximum absolute atomic E-state index is 13.4. The molecule has 134 valence electrons. The number of likely N-dealkylation sites (tertiary alicyclic amines) is 1. The highest BCUT2D eigenvalue weighted by Crippen LogP contribution is 2.64. The van der Waals surface area contributed by atoms with Gasteiger partial charge in [-0.25, -0.2) is 0 Å². The van der Waals surface area contributed by atoms with E-state index in [0.717, 1.165) is 0 Å². The molecule has 1 aromatic carbocycles. The Balaban J connectivity index is 1.49. The standard InChI is InChI=1S/C23H19NO3/c25-22-20-18-14-7-1-2-8-15(14)19(17-10-4-3-9-16(17)18)21(20)23(26)24(22)12-13-6-5-11-27-13/h1-11,14-15,18-21H,12H2/t14-,15+,18-,19+,20-,21-/m1/s1. The van der Waals surface area contributed by atoms with Crippen LogP contribution in [-0.4, -0.2) is 16.7 Å². The largest absolute Gasteiger partial charge is 0.467 e. The number of furan rings is 1. The normalized spacial score (nSPS) is 35.3. The number of amides is 2. The Morgan fingerprint density at radius 3 is 1.89 bits per heavy atom. The Labute approximate surface area is 157 Å². The molecule has 2 amide bonds. The monoisotopic (exact) mass is 357 g/mol. The highest BCUT2D eigenvalue weighted by Gasteiger charge is 2.64. The molecule has 2 heterocycles. The summed E-state index contributed by atoms with van der Waals surface area (Å²) >= 11 is 0. The van der Waals surface area contributed by atoms with E-state index in [1.165, 1.54) is 16.0 Å². The second-order valence-electron chi connectivity index (χ2n) is 8.00. The maximum Gasteiger partial charge on any atom is 0.234 e. The fourth-order valence-corrected chi connectivity index (χ4v) is 6.00. The van der Waals surface area contributed by atoms with Crippen LogP contribution in [0.3, 0.4) is 0 Å². The first kappa shape index (κ1) is 15.2. The van der Waals surface area contributed by atoms with Gasteiger partial charge in [-0.15, -0.1) is 0 Å². The average molecular weight is 357 g/mol. The van der Waals surface area contributed by atoms with Crippen molar-refractivity contribution in [3.05, 3.63) is 83.9 Å². The topological polar surface area (TPSA) is 50.5 Å². The molecule has 0 spiro atoms. The van der Waals surface area contributed by atoms with E-state index < -0.39 is 0 Å². The van der Waals surface area contributed by atoms with Crippen LogP contribution in [0.2, 0.25) is 0 Å². The van der Waals surface area contributed by atoms with Crippen LogP contribution in [0.4, 0.5) is 0 Å². The van der Waals surface area contributed by atoms with Crippen LogP contribution in [-0.2, 0) is 16.1 Å². The van der Waals surface area contributed by atoms with Gasteiger partial charge in [-0.05, 0) is 35.1 Å². The van der Waals surface area contributed by atoms with Crippen LogP contribution in [0, 0.1) is 23.7 Å². The van der Waals surface area contributed by atoms with Gasteiger partial charge in [-0.3, -0.25) is 14.5 Å². The third-order valence-corrected chi connectivity index (χ3v) is 6.92. The van der Waals surface area contributed by atoms with Crippen molar-refractivity contribution in [2.75, 3.05) is 0 Å². The number of imide groups is 1. The zero-order valence-corrected chi connectivity index (χ0v) is 14.7. The third-order valence-electron chi connectivity index (χ3n) is 6.92. The number of carbonyl (C=O) groups is 2. The number of hydrogen-bond donors (Lipinski definition) is 0. The van der Waals surface area contributed by atoms with Gasteiger partial charge in [-0.2, -0.15) is 0 Å². The van der Waals surface area contributed by atoms with Crippen molar-refractivity contribution >= 4 is 11.8 Å². The summed E-state index contributed by atoms with van der Waals surface area (Å²) in [5.41, 5.74) is 2.51. The quantitative estimate of drug-likeness (QED) is 0.771. The minimum atomic E-state index is -0.259. The van der Waals surface area contributed by atoms with Gasteiger partial charge in [-0.1, -0.05) is 48.6 Å². The first-order valence-electron chi connectivity index (χ1n) is 9.57. The van der Waals surface area contributed by atoms with Gasteiger partial charge >= 0.3 is 0 Å². The summed E-state index contributed by atoms with van der Waals surface area (Å²) in [7, 11) is 0. The highest BCUT2D eigenvalue weighted by atomic mass is 16.3. The third kappa shape index (κ3) is 1.88. The molecule has 0 unspecified atom stereocenters. The van der Waals surface area contributed by atoms with E-state index in [4.69, 9.17) is 4.42 Å². The maximum atomic E-state index is 13.4. The van der Waals surface area contributed by atoms with Crippen molar-refractivity contribution in [3.63, 3.8) is 0 Å². The lowest BCUT2D eigenvalue weighted by Crippen LogP contribution is -2.49. The molecule has 27 heavy (non-hydrogen) atoms. The molecule has 5 aliphatic rings. The minimum absolute atomic E-state index is 0.0349. The molecule has 4 heteroatoms. The lowest BCUT2D eigenvalue weighted by Gasteiger charge is -2.53. The van der Waals surface area contributed by atoms with Gasteiger partial charge in [0.25, 0.3) is 0 Å². The second kappa shape index (κ2) is 5.32. The van der Waals surface area contributed by atoms with Gasteiger partial charge in [0.05, 0.1) is 24.6 Å². The molecular formula is C23H19NO3. The molecule has 6 atom stereocenters. The molecule has 1 saturated carbocycles. The van der Waals surface area contributed by atoms with Gasteiger partial charge in [0, 0.05) is 11.8 Å². The van der Waals surface area contributed by atoms with E-state index in [2.05, 4.69) is 36.4 Å². The van der Waals surface area contributed by atoms with E-state index in [1.54, 1.807) is 12.3 Å². The predicted octanol–water partition coefficient (Wildman–Crippen LogP) is 3.63. The summed E-state index contributed by atoms with van der Waals surface area (Å²) in [6.45, 7) is 0.231. The summed E-state index contributed by atoms with van der Waals surface area (Å²) in [6.07, 6.45) is 10.2. The average Bonchev–Trinajstić information content (AvgIpc) is 3.31. The number of rotatable bonds is 2. The highest BCUT2D eigenvalue weighted by molar-refractivity contribution is 6.06. The SMILES string of the molecule is O=C1[C@H]2[C@H](C(=O)N1Cc1ccco1)[C@H]1c3ccccc3[C@@H]2[C@H]2C=CC=C[C@H]21. The molecule has 2 bridgehead atoms. The number of nitrogens with zero attached hydrogens (tertiary/aromatic N) is 1. The molecule has 2 fully saturated rings. The van der Waals surface area contributed by atoms with Crippen molar-refractivity contribution < 1.29 is 14.0 Å². The first-order chi connectivity index (χ1) is 13.3. The van der Waals surface area contributed by atoms with E-state index in [0.29, 0.717) is 5.76 Å². The summed E-state index contributed by atoms with van der Waals surface area (Å²) < 4.78 is 5.40. The predicted molar refractivity (Wildman–Crippen MR) is 98.4 cm³/mol. The molecule has 4 aliphatic carbocycles. The molecular weight excluding hydrogens is 338 g/mol. The summed E-state index contributed by atoms with van der Waals surface area (Å²) in [4.78, 5) is 28.2. The number of benzene rings is 1. The fraction of sp³-hybridized carbons (Fsp3) is 0.304. The minimum Gasteiger partial charge on any atom is -0.467 e. The van der Waals surface area contributed by atoms with E-state index >= 15 is 0 Å². The van der Waals surface area contributed by atoms with E-state index in [1.807, 2.05) is 18.2 Å². The van der Waals surface area contributed by atoms with Crippen molar-refractivity contribution in [1.29, 1.82) is 0 Å². The molecule has 1 aromatic heterocycles. The van der Waals surface area contributed by atoms with E-state index in [9.17, 15) is 9.59 Å². The van der Waals surface area contributed by atoms with Crippen molar-refractivity contribution in [1.82, 2.24) is 4.90 Å². The molecule has 0 N–H and O–H groups in total. The molecule has 0 radical (unpaired) electrons.